The summed E-state index contributed by atoms with van der Waals surface area (Å²) in [7, 11) is -4.31. The van der Waals surface area contributed by atoms with Crippen LogP contribution < -0.4 is 4.72 Å². The van der Waals surface area contributed by atoms with Gasteiger partial charge in [0.25, 0.3) is 0 Å². The lowest BCUT2D eigenvalue weighted by Gasteiger charge is -2.27. The van der Waals surface area contributed by atoms with Gasteiger partial charge in [-0.05, 0) is 25.5 Å². The van der Waals surface area contributed by atoms with Gasteiger partial charge in [-0.1, -0.05) is 6.92 Å². The Balaban J connectivity index is 0.00000288. The fraction of sp³-hybridized carbons (Fsp3) is 0.385. The van der Waals surface area contributed by atoms with Crippen LogP contribution in [0.15, 0.2) is 30.9 Å². The summed E-state index contributed by atoms with van der Waals surface area (Å²) in [6.07, 6.45) is 2.26. The van der Waals surface area contributed by atoms with Gasteiger partial charge >= 0.3 is 0 Å². The minimum atomic E-state index is -4.31. The first-order chi connectivity index (χ1) is 10.7. The quantitative estimate of drug-likeness (QED) is 0.739. The number of aliphatic hydroxyl groups is 1. The van der Waals surface area contributed by atoms with E-state index in [0.717, 1.165) is 29.5 Å². The summed E-state index contributed by atoms with van der Waals surface area (Å²) in [5.41, 5.74) is -2.05. The number of sulfonamides is 1. The first kappa shape index (κ1) is 20.4. The number of nitrogens with zero attached hydrogens (tertiary/aromatic N) is 3. The van der Waals surface area contributed by atoms with Crippen molar-refractivity contribution in [2.45, 2.75) is 31.4 Å². The summed E-state index contributed by atoms with van der Waals surface area (Å²) in [6, 6.07) is 2.53. The van der Waals surface area contributed by atoms with E-state index in [1.807, 2.05) is 0 Å². The van der Waals surface area contributed by atoms with Crippen LogP contribution in [0.2, 0.25) is 0 Å². The number of nitrogens with one attached hydrogen (secondary N) is 1. The van der Waals surface area contributed by atoms with Crippen LogP contribution >= 0.6 is 12.4 Å². The second kappa shape index (κ2) is 7.51. The van der Waals surface area contributed by atoms with E-state index in [-0.39, 0.29) is 24.4 Å². The predicted molar refractivity (Wildman–Crippen MR) is 84.7 cm³/mol. The van der Waals surface area contributed by atoms with Gasteiger partial charge < -0.3 is 5.11 Å². The molecule has 0 aliphatic carbocycles. The first-order valence-electron chi connectivity index (χ1n) is 6.70. The van der Waals surface area contributed by atoms with E-state index >= 15 is 0 Å². The van der Waals surface area contributed by atoms with E-state index in [2.05, 4.69) is 14.8 Å². The Labute approximate surface area is 144 Å². The third-order valence-electron chi connectivity index (χ3n) is 3.25. The monoisotopic (exact) mass is 382 g/mol. The molecule has 2 N–H and O–H groups in total. The maximum Gasteiger partial charge on any atom is 0.241 e. The van der Waals surface area contributed by atoms with Crippen LogP contribution in [0, 0.1) is 11.6 Å². The molecule has 0 fully saturated rings. The van der Waals surface area contributed by atoms with E-state index in [4.69, 9.17) is 0 Å². The lowest BCUT2D eigenvalue weighted by Crippen LogP contribution is -2.48. The average molecular weight is 383 g/mol. The minimum Gasteiger partial charge on any atom is -0.375 e. The van der Waals surface area contributed by atoms with Crippen LogP contribution in [0.5, 0.6) is 0 Å². The fourth-order valence-electron chi connectivity index (χ4n) is 1.93. The van der Waals surface area contributed by atoms with Gasteiger partial charge in [-0.3, -0.25) is 0 Å². The molecule has 0 bridgehead atoms. The van der Waals surface area contributed by atoms with Crippen molar-refractivity contribution in [3.63, 3.8) is 0 Å². The van der Waals surface area contributed by atoms with Crippen LogP contribution in [-0.4, -0.2) is 34.0 Å². The molecule has 0 unspecified atom stereocenters. The van der Waals surface area contributed by atoms with Crippen LogP contribution in [0.25, 0.3) is 0 Å². The van der Waals surface area contributed by atoms with Gasteiger partial charge in [0.15, 0.2) is 5.37 Å². The molecule has 0 saturated carbocycles. The molecule has 2 atom stereocenters. The summed E-state index contributed by atoms with van der Waals surface area (Å²) in [5.74, 6) is -1.89. The predicted octanol–water partition coefficient (Wildman–Crippen LogP) is 1.56. The minimum absolute atomic E-state index is 0. The highest BCUT2D eigenvalue weighted by Crippen LogP contribution is 2.27. The summed E-state index contributed by atoms with van der Waals surface area (Å²) >= 11 is 0. The van der Waals surface area contributed by atoms with Gasteiger partial charge in [0.1, 0.15) is 30.0 Å². The van der Waals surface area contributed by atoms with Gasteiger partial charge in [-0.2, -0.15) is 9.82 Å². The van der Waals surface area contributed by atoms with Crippen LogP contribution in [0.1, 0.15) is 31.2 Å². The van der Waals surface area contributed by atoms with Gasteiger partial charge in [0.2, 0.25) is 10.0 Å². The molecule has 7 nitrogen and oxygen atoms in total. The average Bonchev–Trinajstić information content (AvgIpc) is 2.94. The van der Waals surface area contributed by atoms with Crippen LogP contribution in [0.4, 0.5) is 8.78 Å². The molecule has 2 rings (SSSR count). The number of rotatable bonds is 6. The topological polar surface area (TPSA) is 97.1 Å². The number of aromatic nitrogens is 3. The number of benzene rings is 1. The molecule has 1 aromatic heterocycles. The third kappa shape index (κ3) is 4.47. The summed E-state index contributed by atoms with van der Waals surface area (Å²) in [4.78, 5) is 3.65. The Hall–Kier alpha value is -1.62. The van der Waals surface area contributed by atoms with Crippen LogP contribution in [-0.2, 0) is 10.0 Å². The molecule has 0 aliphatic heterocycles. The van der Waals surface area contributed by atoms with Crippen LogP contribution in [0.3, 0.4) is 0 Å². The highest BCUT2D eigenvalue weighted by Gasteiger charge is 2.36. The number of hydrogen-bond acceptors (Lipinski definition) is 5. The molecular formula is C13H17ClF2N4O3S. The largest absolute Gasteiger partial charge is 0.375 e. The lowest BCUT2D eigenvalue weighted by atomic mass is 10.2. The molecular weight excluding hydrogens is 366 g/mol. The maximum atomic E-state index is 14.1. The Morgan fingerprint density at radius 3 is 2.58 bits per heavy atom. The zero-order valence-electron chi connectivity index (χ0n) is 12.8. The zero-order valence-corrected chi connectivity index (χ0v) is 14.5. The molecule has 134 valence electrons. The lowest BCUT2D eigenvalue weighted by molar-refractivity contribution is 0.0441. The molecule has 0 spiro atoms. The van der Waals surface area contributed by atoms with Gasteiger partial charge in [0.05, 0.1) is 0 Å². The summed E-state index contributed by atoms with van der Waals surface area (Å²) < 4.78 is 55.4. The second-order valence-electron chi connectivity index (χ2n) is 5.17. The van der Waals surface area contributed by atoms with E-state index in [9.17, 15) is 22.3 Å². The normalized spacial score (nSPS) is 15.4. The highest BCUT2D eigenvalue weighted by molar-refractivity contribution is 7.89. The van der Waals surface area contributed by atoms with Crippen molar-refractivity contribution in [1.29, 1.82) is 0 Å². The highest BCUT2D eigenvalue weighted by atomic mass is 35.5. The van der Waals surface area contributed by atoms with Gasteiger partial charge in [-0.15, -0.1) is 12.4 Å². The van der Waals surface area contributed by atoms with E-state index in [0.29, 0.717) is 6.07 Å². The fourth-order valence-corrected chi connectivity index (χ4v) is 3.71. The van der Waals surface area contributed by atoms with Crippen molar-refractivity contribution in [2.24, 2.45) is 0 Å². The van der Waals surface area contributed by atoms with Crippen molar-refractivity contribution < 1.29 is 22.3 Å². The zero-order chi connectivity index (χ0) is 17.3. The second-order valence-corrected chi connectivity index (χ2v) is 6.91. The molecule has 1 aromatic carbocycles. The van der Waals surface area contributed by atoms with Crippen molar-refractivity contribution in [3.05, 3.63) is 48.1 Å². The smallest absolute Gasteiger partial charge is 0.241 e. The molecule has 0 saturated heterocycles. The number of halogens is 3. The van der Waals surface area contributed by atoms with Gasteiger partial charge in [-0.25, -0.2) is 26.9 Å². The van der Waals surface area contributed by atoms with E-state index in [1.54, 1.807) is 6.92 Å². The summed E-state index contributed by atoms with van der Waals surface area (Å²) in [5, 5.41) is 12.0. The molecule has 0 radical (unpaired) electrons. The Morgan fingerprint density at radius 1 is 1.42 bits per heavy atom. The molecule has 1 heterocycles. The summed E-state index contributed by atoms with van der Waals surface area (Å²) in [6.45, 7) is 2.84. The van der Waals surface area contributed by atoms with Crippen molar-refractivity contribution in [1.82, 2.24) is 19.5 Å². The molecule has 11 heteroatoms. The maximum absolute atomic E-state index is 14.1. The molecule has 0 aliphatic rings. The van der Waals surface area contributed by atoms with Crippen molar-refractivity contribution in [2.75, 3.05) is 0 Å². The SMILES string of the molecule is CC[C@@](C)(O)NS(=O)(=O)[C@H](c1ccc(F)cc1F)n1cncn1.Cl. The standard InChI is InChI=1S/C13H16F2N4O3S.ClH/c1-3-13(2,20)18-23(21,22)12(19-8-16-7-17-19)10-5-4-9(14)6-11(10)15;/h4-8,12,18,20H,3H2,1-2H3;1H/t12-,13-;/m1./s1. The molecule has 2 aromatic rings. The molecule has 0 amide bonds. The van der Waals surface area contributed by atoms with Crippen molar-refractivity contribution in [3.8, 4) is 0 Å². The van der Waals surface area contributed by atoms with Crippen molar-refractivity contribution >= 4 is 22.4 Å². The first-order valence-corrected chi connectivity index (χ1v) is 8.25. The number of hydrogen-bond donors (Lipinski definition) is 2. The Morgan fingerprint density at radius 2 is 2.08 bits per heavy atom. The third-order valence-corrected chi connectivity index (χ3v) is 5.03. The van der Waals surface area contributed by atoms with E-state index in [1.165, 1.54) is 6.92 Å². The van der Waals surface area contributed by atoms with E-state index < -0.39 is 32.8 Å². The Kier molecular flexibility index (Phi) is 6.39. The molecule has 24 heavy (non-hydrogen) atoms. The Bertz CT molecular complexity index is 785. The van der Waals surface area contributed by atoms with Gasteiger partial charge in [0, 0.05) is 11.6 Å².